The fourth-order valence-corrected chi connectivity index (χ4v) is 3.46. The Kier molecular flexibility index (Phi) is 4.85. The first kappa shape index (κ1) is 16.4. The Labute approximate surface area is 152 Å². The van der Waals surface area contributed by atoms with E-state index in [4.69, 9.17) is 16.3 Å². The van der Waals surface area contributed by atoms with Gasteiger partial charge in [0.15, 0.2) is 5.65 Å². The van der Waals surface area contributed by atoms with E-state index in [1.54, 1.807) is 10.7 Å². The van der Waals surface area contributed by atoms with E-state index in [2.05, 4.69) is 15.0 Å². The van der Waals surface area contributed by atoms with Gasteiger partial charge in [-0.05, 0) is 43.6 Å². The summed E-state index contributed by atoms with van der Waals surface area (Å²) in [5.41, 5.74) is 2.80. The van der Waals surface area contributed by atoms with Crippen molar-refractivity contribution in [1.82, 2.24) is 19.5 Å². The second kappa shape index (κ2) is 7.42. The molecule has 25 heavy (non-hydrogen) atoms. The van der Waals surface area contributed by atoms with Gasteiger partial charge < -0.3 is 4.74 Å². The molecule has 0 aliphatic carbocycles. The molecule has 1 aromatic carbocycles. The quantitative estimate of drug-likeness (QED) is 0.695. The van der Waals surface area contributed by atoms with E-state index in [0.29, 0.717) is 11.6 Å². The van der Waals surface area contributed by atoms with E-state index < -0.39 is 0 Å². The lowest BCUT2D eigenvalue weighted by molar-refractivity contribution is 0.183. The van der Waals surface area contributed by atoms with Crippen molar-refractivity contribution in [2.24, 2.45) is 0 Å². The molecule has 0 amide bonds. The Morgan fingerprint density at radius 3 is 2.80 bits per heavy atom. The first-order valence-electron chi connectivity index (χ1n) is 8.74. The number of hydrogen-bond donors (Lipinski definition) is 0. The number of nitrogens with zero attached hydrogens (tertiary/aromatic N) is 4. The minimum atomic E-state index is 0.622. The van der Waals surface area contributed by atoms with Crippen LogP contribution in [0.25, 0.3) is 16.8 Å². The summed E-state index contributed by atoms with van der Waals surface area (Å²) in [5, 5.41) is 4.84. The highest BCUT2D eigenvalue weighted by Crippen LogP contribution is 2.30. The van der Waals surface area contributed by atoms with Crippen LogP contribution in [0.2, 0.25) is 5.02 Å². The van der Waals surface area contributed by atoms with Gasteiger partial charge in [-0.1, -0.05) is 24.1 Å². The van der Waals surface area contributed by atoms with Crippen LogP contribution in [0.1, 0.15) is 19.3 Å². The second-order valence-corrected chi connectivity index (χ2v) is 6.78. The predicted molar refractivity (Wildman–Crippen MR) is 99.2 cm³/mol. The topological polar surface area (TPSA) is 42.7 Å². The number of rotatable bonds is 5. The molecule has 0 atom stereocenters. The fraction of sp³-hybridized carbons (Fsp3) is 0.368. The minimum Gasteiger partial charge on any atom is -0.491 e. The van der Waals surface area contributed by atoms with Crippen molar-refractivity contribution in [2.75, 3.05) is 26.2 Å². The zero-order valence-corrected chi connectivity index (χ0v) is 14.8. The molecule has 0 saturated carbocycles. The lowest BCUT2D eigenvalue weighted by Crippen LogP contribution is -2.33. The summed E-state index contributed by atoms with van der Waals surface area (Å²) in [6.07, 6.45) is 9.46. The summed E-state index contributed by atoms with van der Waals surface area (Å²) < 4.78 is 7.64. The van der Waals surface area contributed by atoms with Crippen LogP contribution in [0.4, 0.5) is 0 Å². The highest BCUT2D eigenvalue weighted by molar-refractivity contribution is 6.32. The highest BCUT2D eigenvalue weighted by Gasteiger charge is 2.11. The Morgan fingerprint density at radius 2 is 1.96 bits per heavy atom. The molecule has 4 rings (SSSR count). The molecule has 1 aliphatic heterocycles. The van der Waals surface area contributed by atoms with Crippen LogP contribution in [0.5, 0.6) is 5.75 Å². The average Bonchev–Trinajstić information content (AvgIpc) is 3.11. The van der Waals surface area contributed by atoms with Gasteiger partial charge in [-0.2, -0.15) is 5.10 Å². The van der Waals surface area contributed by atoms with Gasteiger partial charge >= 0.3 is 0 Å². The van der Waals surface area contributed by atoms with Crippen LogP contribution in [0, 0.1) is 0 Å². The van der Waals surface area contributed by atoms with Gasteiger partial charge in [0.1, 0.15) is 12.4 Å². The summed E-state index contributed by atoms with van der Waals surface area (Å²) in [6, 6.07) is 7.73. The van der Waals surface area contributed by atoms with Crippen molar-refractivity contribution in [2.45, 2.75) is 19.3 Å². The average molecular weight is 357 g/mol. The van der Waals surface area contributed by atoms with Crippen molar-refractivity contribution in [3.05, 3.63) is 47.9 Å². The molecule has 130 valence electrons. The molecule has 1 aliphatic rings. The summed E-state index contributed by atoms with van der Waals surface area (Å²) in [6.45, 7) is 3.98. The number of ether oxygens (including phenoxy) is 1. The zero-order chi connectivity index (χ0) is 17.1. The van der Waals surface area contributed by atoms with Crippen molar-refractivity contribution in [3.63, 3.8) is 0 Å². The van der Waals surface area contributed by atoms with Crippen LogP contribution in [-0.2, 0) is 0 Å². The first-order valence-corrected chi connectivity index (χ1v) is 9.12. The number of likely N-dealkylation sites (tertiary alicyclic amines) is 1. The molecule has 0 unspecified atom stereocenters. The molecule has 1 saturated heterocycles. The standard InChI is InChI=1S/C19H21ClN4O/c20-17-12-15(16-13-21-19-6-7-22-24(19)14-16)4-5-18(17)25-11-10-23-8-2-1-3-9-23/h4-7,12-14H,1-3,8-11H2. The van der Waals surface area contributed by atoms with E-state index >= 15 is 0 Å². The monoisotopic (exact) mass is 356 g/mol. The molecule has 3 heterocycles. The third kappa shape index (κ3) is 3.78. The number of fused-ring (bicyclic) bond motifs is 1. The van der Waals surface area contributed by atoms with Crippen molar-refractivity contribution >= 4 is 17.2 Å². The third-order valence-corrected chi connectivity index (χ3v) is 4.92. The molecule has 6 heteroatoms. The molecular weight excluding hydrogens is 336 g/mol. The maximum Gasteiger partial charge on any atom is 0.154 e. The van der Waals surface area contributed by atoms with Gasteiger partial charge in [-0.25, -0.2) is 9.50 Å². The van der Waals surface area contributed by atoms with Gasteiger partial charge in [-0.3, -0.25) is 4.90 Å². The van der Waals surface area contributed by atoms with Gasteiger partial charge in [0.2, 0.25) is 0 Å². The van der Waals surface area contributed by atoms with Gasteiger partial charge in [0.25, 0.3) is 0 Å². The van der Waals surface area contributed by atoms with Crippen molar-refractivity contribution in [1.29, 1.82) is 0 Å². The van der Waals surface area contributed by atoms with E-state index in [1.165, 1.54) is 32.4 Å². The second-order valence-electron chi connectivity index (χ2n) is 6.37. The molecule has 0 N–H and O–H groups in total. The summed E-state index contributed by atoms with van der Waals surface area (Å²) in [4.78, 5) is 6.85. The van der Waals surface area contributed by atoms with Crippen molar-refractivity contribution in [3.8, 4) is 16.9 Å². The molecule has 0 spiro atoms. The fourth-order valence-electron chi connectivity index (χ4n) is 3.22. The number of aromatic nitrogens is 3. The Balaban J connectivity index is 1.42. The molecule has 5 nitrogen and oxygen atoms in total. The third-order valence-electron chi connectivity index (χ3n) is 4.63. The largest absolute Gasteiger partial charge is 0.491 e. The predicted octanol–water partition coefficient (Wildman–Crippen LogP) is 3.91. The smallest absolute Gasteiger partial charge is 0.154 e. The Hall–Kier alpha value is -2.11. The van der Waals surface area contributed by atoms with Gasteiger partial charge in [0.05, 0.1) is 11.2 Å². The lowest BCUT2D eigenvalue weighted by Gasteiger charge is -2.26. The van der Waals surface area contributed by atoms with Crippen molar-refractivity contribution < 1.29 is 4.74 Å². The lowest BCUT2D eigenvalue weighted by atomic mass is 10.1. The van der Waals surface area contributed by atoms with Crippen LogP contribution < -0.4 is 4.74 Å². The van der Waals surface area contributed by atoms with E-state index in [1.807, 2.05) is 36.7 Å². The van der Waals surface area contributed by atoms with E-state index in [9.17, 15) is 0 Å². The van der Waals surface area contributed by atoms with Crippen LogP contribution in [-0.4, -0.2) is 45.7 Å². The number of hydrogen-bond acceptors (Lipinski definition) is 4. The summed E-state index contributed by atoms with van der Waals surface area (Å²) in [7, 11) is 0. The molecule has 0 bridgehead atoms. The maximum absolute atomic E-state index is 6.42. The van der Waals surface area contributed by atoms with Crippen LogP contribution in [0.15, 0.2) is 42.9 Å². The van der Waals surface area contributed by atoms with E-state index in [0.717, 1.165) is 29.1 Å². The molecular formula is C19H21ClN4O. The number of halogens is 1. The van der Waals surface area contributed by atoms with Gasteiger partial charge in [0, 0.05) is 30.6 Å². The first-order chi connectivity index (χ1) is 12.3. The zero-order valence-electron chi connectivity index (χ0n) is 14.1. The minimum absolute atomic E-state index is 0.622. The van der Waals surface area contributed by atoms with Crippen LogP contribution >= 0.6 is 11.6 Å². The number of piperidine rings is 1. The molecule has 3 aromatic rings. The SMILES string of the molecule is Clc1cc(-c2cnc3ccnn3c2)ccc1OCCN1CCCCC1. The van der Waals surface area contributed by atoms with Gasteiger partial charge in [-0.15, -0.1) is 0 Å². The summed E-state index contributed by atoms with van der Waals surface area (Å²) in [5.74, 6) is 0.732. The normalized spacial score (nSPS) is 15.6. The Morgan fingerprint density at radius 1 is 1.08 bits per heavy atom. The Bertz CT molecular complexity index is 858. The molecule has 0 radical (unpaired) electrons. The molecule has 2 aromatic heterocycles. The summed E-state index contributed by atoms with van der Waals surface area (Å²) >= 11 is 6.42. The highest BCUT2D eigenvalue weighted by atomic mass is 35.5. The van der Waals surface area contributed by atoms with Crippen LogP contribution in [0.3, 0.4) is 0 Å². The molecule has 1 fully saturated rings. The maximum atomic E-state index is 6.42. The van der Waals surface area contributed by atoms with E-state index in [-0.39, 0.29) is 0 Å². The number of benzene rings is 1.